The van der Waals surface area contributed by atoms with Crippen molar-refractivity contribution in [2.75, 3.05) is 5.32 Å². The van der Waals surface area contributed by atoms with Crippen LogP contribution in [0.25, 0.3) is 11.1 Å². The number of halogens is 1. The van der Waals surface area contributed by atoms with Crippen LogP contribution in [0, 0.1) is 12.7 Å². The van der Waals surface area contributed by atoms with Gasteiger partial charge in [-0.1, -0.05) is 43.7 Å². The predicted molar refractivity (Wildman–Crippen MR) is 125 cm³/mol. The normalized spacial score (nSPS) is 14.0. The summed E-state index contributed by atoms with van der Waals surface area (Å²) in [5.41, 5.74) is 2.36. The van der Waals surface area contributed by atoms with Crippen LogP contribution in [0.1, 0.15) is 47.8 Å². The Morgan fingerprint density at radius 1 is 1.15 bits per heavy atom. The van der Waals surface area contributed by atoms with E-state index in [9.17, 15) is 22.4 Å². The molecular formula is C24H25FN4O4S. The van der Waals surface area contributed by atoms with Crippen LogP contribution in [0.4, 0.5) is 10.2 Å². The minimum absolute atomic E-state index is 0.0232. The zero-order valence-electron chi connectivity index (χ0n) is 18.9. The van der Waals surface area contributed by atoms with Crippen molar-refractivity contribution >= 4 is 27.7 Å². The number of amides is 1. The average Bonchev–Trinajstić information content (AvgIpc) is 3.08. The largest absolute Gasteiger partial charge is 0.310 e. The van der Waals surface area contributed by atoms with Crippen molar-refractivity contribution in [1.29, 1.82) is 0 Å². The summed E-state index contributed by atoms with van der Waals surface area (Å²) in [5.74, 6) is -0.850. The molecule has 0 unspecified atom stereocenters. The molecule has 1 aromatic heterocycles. The van der Waals surface area contributed by atoms with Gasteiger partial charge >= 0.3 is 0 Å². The van der Waals surface area contributed by atoms with Crippen molar-refractivity contribution in [1.82, 2.24) is 14.5 Å². The quantitative estimate of drug-likeness (QED) is 0.530. The maximum atomic E-state index is 14.0. The molecule has 4 rings (SSSR count). The van der Waals surface area contributed by atoms with Gasteiger partial charge in [0, 0.05) is 30.5 Å². The Labute approximate surface area is 197 Å². The molecule has 3 aromatic rings. The van der Waals surface area contributed by atoms with E-state index in [1.165, 1.54) is 28.9 Å². The van der Waals surface area contributed by atoms with E-state index in [1.807, 2.05) is 6.92 Å². The molecule has 0 fully saturated rings. The molecule has 2 aromatic carbocycles. The number of hydrogen-bond acceptors (Lipinski definition) is 5. The smallest absolute Gasteiger partial charge is 0.249 e. The Hall–Kier alpha value is -3.37. The minimum atomic E-state index is -3.99. The summed E-state index contributed by atoms with van der Waals surface area (Å²) in [7, 11) is -3.99. The zero-order valence-corrected chi connectivity index (χ0v) is 19.7. The maximum Gasteiger partial charge on any atom is 0.249 e. The van der Waals surface area contributed by atoms with E-state index in [1.54, 1.807) is 25.1 Å². The second kappa shape index (κ2) is 9.47. The summed E-state index contributed by atoms with van der Waals surface area (Å²) in [6.07, 6.45) is 1.38. The monoisotopic (exact) mass is 484 g/mol. The van der Waals surface area contributed by atoms with Gasteiger partial charge in [0.2, 0.25) is 21.8 Å². The molecule has 0 radical (unpaired) electrons. The van der Waals surface area contributed by atoms with E-state index in [2.05, 4.69) is 15.1 Å². The summed E-state index contributed by atoms with van der Waals surface area (Å²) in [6.45, 7) is 3.43. The first-order valence-electron chi connectivity index (χ1n) is 11.0. The van der Waals surface area contributed by atoms with Crippen molar-refractivity contribution < 1.29 is 22.4 Å². The van der Waals surface area contributed by atoms with Gasteiger partial charge in [0.15, 0.2) is 0 Å². The van der Waals surface area contributed by atoms with Gasteiger partial charge in [0.05, 0.1) is 10.6 Å². The Morgan fingerprint density at radius 2 is 1.91 bits per heavy atom. The third-order valence-electron chi connectivity index (χ3n) is 5.68. The topological polar surface area (TPSA) is 110 Å². The molecule has 0 spiro atoms. The SMILES string of the molecule is CCCc1nn2c(c1-c1ccc(C)c(S(=O)(=O)NCc3ccccc3F)c1)NC(=O)CCC2=O. The van der Waals surface area contributed by atoms with Crippen LogP contribution in [-0.4, -0.2) is 30.0 Å². The summed E-state index contributed by atoms with van der Waals surface area (Å²) >= 11 is 0. The molecule has 0 saturated heterocycles. The van der Waals surface area contributed by atoms with Crippen molar-refractivity contribution in [2.45, 2.75) is 51.0 Å². The van der Waals surface area contributed by atoms with E-state index in [0.29, 0.717) is 28.8 Å². The highest BCUT2D eigenvalue weighted by molar-refractivity contribution is 7.89. The number of nitrogens with zero attached hydrogens (tertiary/aromatic N) is 2. The van der Waals surface area contributed by atoms with Gasteiger partial charge in [-0.2, -0.15) is 9.78 Å². The second-order valence-electron chi connectivity index (χ2n) is 8.17. The van der Waals surface area contributed by atoms with Crippen LogP contribution in [0.2, 0.25) is 0 Å². The first kappa shape index (κ1) is 23.8. The number of sulfonamides is 1. The molecule has 2 heterocycles. The predicted octanol–water partition coefficient (Wildman–Crippen LogP) is 3.80. The number of anilines is 1. The van der Waals surface area contributed by atoms with Gasteiger partial charge in [0.1, 0.15) is 11.6 Å². The number of fused-ring (bicyclic) bond motifs is 1. The highest BCUT2D eigenvalue weighted by Crippen LogP contribution is 2.36. The van der Waals surface area contributed by atoms with Gasteiger partial charge in [-0.05, 0) is 36.6 Å². The number of aryl methyl sites for hydroxylation is 2. The third kappa shape index (κ3) is 4.64. The molecule has 0 bridgehead atoms. The maximum absolute atomic E-state index is 14.0. The molecule has 0 saturated carbocycles. The number of nitrogens with one attached hydrogen (secondary N) is 2. The lowest BCUT2D eigenvalue weighted by molar-refractivity contribution is -0.116. The minimum Gasteiger partial charge on any atom is -0.310 e. The van der Waals surface area contributed by atoms with Crippen molar-refractivity contribution in [3.63, 3.8) is 0 Å². The number of hydrogen-bond donors (Lipinski definition) is 2. The zero-order chi connectivity index (χ0) is 24.5. The molecule has 1 aliphatic heterocycles. The molecule has 1 amide bonds. The molecule has 0 aliphatic carbocycles. The fraction of sp³-hybridized carbons (Fsp3) is 0.292. The van der Waals surface area contributed by atoms with Gasteiger partial charge in [0.25, 0.3) is 0 Å². The molecule has 10 heteroatoms. The molecule has 34 heavy (non-hydrogen) atoms. The fourth-order valence-electron chi connectivity index (χ4n) is 3.93. The first-order chi connectivity index (χ1) is 16.2. The van der Waals surface area contributed by atoms with E-state index in [0.717, 1.165) is 6.42 Å². The standard InChI is InChI=1S/C24H25FN4O4S/c1-3-6-19-23(24-27-21(30)11-12-22(31)29(24)28-19)16-10-9-15(2)20(13-16)34(32,33)26-14-17-7-4-5-8-18(17)25/h4-5,7-10,13,26H,3,6,11-12,14H2,1-2H3,(H,27,30). The van der Waals surface area contributed by atoms with Crippen LogP contribution in [0.3, 0.4) is 0 Å². The number of benzene rings is 2. The van der Waals surface area contributed by atoms with Gasteiger partial charge in [-0.3, -0.25) is 9.59 Å². The number of carbonyl (C=O) groups excluding carboxylic acids is 2. The number of carbonyl (C=O) groups is 2. The summed E-state index contributed by atoms with van der Waals surface area (Å²) < 4.78 is 43.9. The summed E-state index contributed by atoms with van der Waals surface area (Å²) in [4.78, 5) is 24.8. The third-order valence-corrected chi connectivity index (χ3v) is 7.22. The van der Waals surface area contributed by atoms with Crippen molar-refractivity contribution in [2.24, 2.45) is 0 Å². The molecule has 2 N–H and O–H groups in total. The Morgan fingerprint density at radius 3 is 2.65 bits per heavy atom. The van der Waals surface area contributed by atoms with Gasteiger partial charge < -0.3 is 5.32 Å². The van der Waals surface area contributed by atoms with Crippen molar-refractivity contribution in [3.8, 4) is 11.1 Å². The average molecular weight is 485 g/mol. The first-order valence-corrected chi connectivity index (χ1v) is 12.5. The van der Waals surface area contributed by atoms with Crippen LogP contribution < -0.4 is 10.0 Å². The molecule has 178 valence electrons. The Bertz CT molecular complexity index is 1380. The summed E-state index contributed by atoms with van der Waals surface area (Å²) in [6, 6.07) is 10.9. The van der Waals surface area contributed by atoms with Crippen LogP contribution in [0.5, 0.6) is 0 Å². The van der Waals surface area contributed by atoms with Crippen molar-refractivity contribution in [3.05, 3.63) is 65.1 Å². The molecule has 0 atom stereocenters. The van der Waals surface area contributed by atoms with E-state index >= 15 is 0 Å². The lowest BCUT2D eigenvalue weighted by Gasteiger charge is -2.13. The molecular weight excluding hydrogens is 459 g/mol. The van der Waals surface area contributed by atoms with Crippen LogP contribution in [-0.2, 0) is 27.8 Å². The van der Waals surface area contributed by atoms with Crippen LogP contribution >= 0.6 is 0 Å². The number of rotatable bonds is 7. The van der Waals surface area contributed by atoms with E-state index < -0.39 is 15.8 Å². The van der Waals surface area contributed by atoms with Gasteiger partial charge in [-0.15, -0.1) is 0 Å². The van der Waals surface area contributed by atoms with E-state index in [-0.39, 0.29) is 47.5 Å². The Balaban J connectivity index is 1.77. The highest BCUT2D eigenvalue weighted by atomic mass is 32.2. The number of aromatic nitrogens is 2. The fourth-order valence-corrected chi connectivity index (χ4v) is 5.21. The van der Waals surface area contributed by atoms with Crippen LogP contribution in [0.15, 0.2) is 47.4 Å². The molecule has 8 nitrogen and oxygen atoms in total. The summed E-state index contributed by atoms with van der Waals surface area (Å²) in [5, 5.41) is 7.20. The Kier molecular flexibility index (Phi) is 6.63. The molecule has 1 aliphatic rings. The second-order valence-corrected chi connectivity index (χ2v) is 9.91. The lowest BCUT2D eigenvalue weighted by atomic mass is 10.0. The van der Waals surface area contributed by atoms with Gasteiger partial charge in [-0.25, -0.2) is 17.5 Å². The highest BCUT2D eigenvalue weighted by Gasteiger charge is 2.28. The van der Waals surface area contributed by atoms with E-state index in [4.69, 9.17) is 0 Å². The lowest BCUT2D eigenvalue weighted by Crippen LogP contribution is -2.24.